The molecule has 0 spiro atoms. The Bertz CT molecular complexity index is 457. The van der Waals surface area contributed by atoms with Crippen molar-refractivity contribution in [1.82, 2.24) is 5.32 Å². The molecule has 1 amide bonds. The van der Waals surface area contributed by atoms with Gasteiger partial charge in [0.25, 0.3) is 5.91 Å². The van der Waals surface area contributed by atoms with E-state index in [4.69, 9.17) is 21.1 Å². The third-order valence-electron chi connectivity index (χ3n) is 3.17. The van der Waals surface area contributed by atoms with Gasteiger partial charge in [-0.3, -0.25) is 4.79 Å². The molecule has 0 saturated carbocycles. The highest BCUT2D eigenvalue weighted by Crippen LogP contribution is 2.18. The van der Waals surface area contributed by atoms with Crippen LogP contribution in [0.4, 0.5) is 0 Å². The molecule has 2 unspecified atom stereocenters. The zero-order valence-corrected chi connectivity index (χ0v) is 12.0. The third-order valence-corrected chi connectivity index (χ3v) is 3.42. The molecule has 20 heavy (non-hydrogen) atoms. The SMILES string of the molecule is CC(Oc1ccc(Cl)cc1)C(=O)NCC1(O)CCOC1. The quantitative estimate of drug-likeness (QED) is 0.862. The van der Waals surface area contributed by atoms with Crippen LogP contribution in [0.5, 0.6) is 5.75 Å². The Morgan fingerprint density at radius 1 is 1.55 bits per heavy atom. The van der Waals surface area contributed by atoms with Gasteiger partial charge in [-0.1, -0.05) is 11.6 Å². The fraction of sp³-hybridized carbons (Fsp3) is 0.500. The van der Waals surface area contributed by atoms with E-state index < -0.39 is 11.7 Å². The van der Waals surface area contributed by atoms with Crippen molar-refractivity contribution in [1.29, 1.82) is 0 Å². The van der Waals surface area contributed by atoms with Crippen LogP contribution in [0.15, 0.2) is 24.3 Å². The number of carbonyl (C=O) groups is 1. The lowest BCUT2D eigenvalue weighted by atomic mass is 10.0. The van der Waals surface area contributed by atoms with Gasteiger partial charge < -0.3 is 19.9 Å². The summed E-state index contributed by atoms with van der Waals surface area (Å²) >= 11 is 5.77. The molecule has 2 rings (SSSR count). The molecule has 2 N–H and O–H groups in total. The Balaban J connectivity index is 1.81. The van der Waals surface area contributed by atoms with Gasteiger partial charge in [-0.05, 0) is 31.2 Å². The summed E-state index contributed by atoms with van der Waals surface area (Å²) in [6.45, 7) is 2.59. The lowest BCUT2D eigenvalue weighted by Gasteiger charge is -2.22. The Hall–Kier alpha value is -1.30. The molecule has 0 aliphatic carbocycles. The van der Waals surface area contributed by atoms with Crippen LogP contribution in [0, 0.1) is 0 Å². The second-order valence-corrected chi connectivity index (χ2v) is 5.40. The van der Waals surface area contributed by atoms with Crippen LogP contribution in [0.1, 0.15) is 13.3 Å². The summed E-state index contributed by atoms with van der Waals surface area (Å²) in [6, 6.07) is 6.79. The van der Waals surface area contributed by atoms with E-state index in [2.05, 4.69) is 5.32 Å². The fourth-order valence-electron chi connectivity index (χ4n) is 1.90. The zero-order valence-electron chi connectivity index (χ0n) is 11.3. The van der Waals surface area contributed by atoms with Crippen molar-refractivity contribution in [2.75, 3.05) is 19.8 Å². The summed E-state index contributed by atoms with van der Waals surface area (Å²) in [5, 5.41) is 13.3. The van der Waals surface area contributed by atoms with Gasteiger partial charge in [0.1, 0.15) is 11.4 Å². The first kappa shape index (κ1) is 15.1. The summed E-state index contributed by atoms with van der Waals surface area (Å²) in [4.78, 5) is 11.9. The number of halogens is 1. The van der Waals surface area contributed by atoms with Gasteiger partial charge in [-0.2, -0.15) is 0 Å². The van der Waals surface area contributed by atoms with Crippen molar-refractivity contribution in [3.05, 3.63) is 29.3 Å². The standard InChI is InChI=1S/C14H18ClNO4/c1-10(20-12-4-2-11(15)3-5-12)13(17)16-8-14(18)6-7-19-9-14/h2-5,10,18H,6-9H2,1H3,(H,16,17). The maximum atomic E-state index is 11.9. The topological polar surface area (TPSA) is 67.8 Å². The molecule has 1 heterocycles. The molecule has 0 bridgehead atoms. The molecule has 1 fully saturated rings. The monoisotopic (exact) mass is 299 g/mol. The first-order chi connectivity index (χ1) is 9.48. The van der Waals surface area contributed by atoms with E-state index in [1.807, 2.05) is 0 Å². The maximum Gasteiger partial charge on any atom is 0.260 e. The highest BCUT2D eigenvalue weighted by Gasteiger charge is 2.33. The average Bonchev–Trinajstić information content (AvgIpc) is 2.86. The number of amides is 1. The number of ether oxygens (including phenoxy) is 2. The highest BCUT2D eigenvalue weighted by molar-refractivity contribution is 6.30. The van der Waals surface area contributed by atoms with Crippen LogP contribution in [-0.4, -0.2) is 42.5 Å². The minimum absolute atomic E-state index is 0.167. The van der Waals surface area contributed by atoms with E-state index in [0.717, 1.165) is 0 Å². The van der Waals surface area contributed by atoms with Gasteiger partial charge >= 0.3 is 0 Å². The second kappa shape index (κ2) is 6.43. The average molecular weight is 300 g/mol. The van der Waals surface area contributed by atoms with Crippen molar-refractivity contribution >= 4 is 17.5 Å². The third kappa shape index (κ3) is 4.10. The summed E-state index contributed by atoms with van der Waals surface area (Å²) in [5.74, 6) is 0.292. The molecule has 1 aliphatic heterocycles. The molecule has 0 radical (unpaired) electrons. The number of aliphatic hydroxyl groups is 1. The summed E-state index contributed by atoms with van der Waals surface area (Å²) in [6.07, 6.45) is -0.123. The Labute approximate surface area is 122 Å². The van der Waals surface area contributed by atoms with Gasteiger partial charge in [-0.15, -0.1) is 0 Å². The molecule has 1 aromatic rings. The van der Waals surface area contributed by atoms with Crippen LogP contribution >= 0.6 is 11.6 Å². The normalized spacial score (nSPS) is 23.4. The summed E-state index contributed by atoms with van der Waals surface area (Å²) < 4.78 is 10.6. The minimum Gasteiger partial charge on any atom is -0.481 e. The van der Waals surface area contributed by atoms with E-state index in [0.29, 0.717) is 23.8 Å². The molecule has 2 atom stereocenters. The molecule has 1 aromatic carbocycles. The van der Waals surface area contributed by atoms with Gasteiger partial charge in [0.2, 0.25) is 0 Å². The first-order valence-electron chi connectivity index (χ1n) is 6.49. The van der Waals surface area contributed by atoms with E-state index in [9.17, 15) is 9.90 Å². The first-order valence-corrected chi connectivity index (χ1v) is 6.86. The molecular formula is C14H18ClNO4. The smallest absolute Gasteiger partial charge is 0.260 e. The minimum atomic E-state index is -0.963. The lowest BCUT2D eigenvalue weighted by Crippen LogP contribution is -2.46. The van der Waals surface area contributed by atoms with Crippen molar-refractivity contribution in [2.24, 2.45) is 0 Å². The number of rotatable bonds is 5. The van der Waals surface area contributed by atoms with Crippen LogP contribution in [0.3, 0.4) is 0 Å². The highest BCUT2D eigenvalue weighted by atomic mass is 35.5. The van der Waals surface area contributed by atoms with Crippen LogP contribution in [0.2, 0.25) is 5.02 Å². The van der Waals surface area contributed by atoms with E-state index in [1.165, 1.54) is 0 Å². The van der Waals surface area contributed by atoms with Crippen molar-refractivity contribution in [3.63, 3.8) is 0 Å². The molecule has 0 aromatic heterocycles. The predicted molar refractivity (Wildman–Crippen MR) is 74.9 cm³/mol. The number of nitrogens with one attached hydrogen (secondary N) is 1. The Morgan fingerprint density at radius 3 is 2.85 bits per heavy atom. The van der Waals surface area contributed by atoms with Crippen molar-refractivity contribution in [3.8, 4) is 5.75 Å². The van der Waals surface area contributed by atoms with Crippen LogP contribution in [-0.2, 0) is 9.53 Å². The maximum absolute atomic E-state index is 11.9. The zero-order chi connectivity index (χ0) is 14.6. The fourth-order valence-corrected chi connectivity index (χ4v) is 2.03. The van der Waals surface area contributed by atoms with Gasteiger partial charge in [0.15, 0.2) is 6.10 Å². The van der Waals surface area contributed by atoms with E-state index >= 15 is 0 Å². The summed E-state index contributed by atoms with van der Waals surface area (Å²) in [7, 11) is 0. The van der Waals surface area contributed by atoms with Gasteiger partial charge in [0, 0.05) is 24.6 Å². The summed E-state index contributed by atoms with van der Waals surface area (Å²) in [5.41, 5.74) is -0.963. The second-order valence-electron chi connectivity index (χ2n) is 4.96. The lowest BCUT2D eigenvalue weighted by molar-refractivity contribution is -0.128. The Kier molecular flexibility index (Phi) is 4.86. The Morgan fingerprint density at radius 2 is 2.25 bits per heavy atom. The number of hydrogen-bond acceptors (Lipinski definition) is 4. The van der Waals surface area contributed by atoms with Gasteiger partial charge in [-0.25, -0.2) is 0 Å². The van der Waals surface area contributed by atoms with Crippen LogP contribution in [0.25, 0.3) is 0 Å². The number of benzene rings is 1. The number of carbonyl (C=O) groups excluding carboxylic acids is 1. The number of hydrogen-bond donors (Lipinski definition) is 2. The molecule has 6 heteroatoms. The van der Waals surface area contributed by atoms with Gasteiger partial charge in [0.05, 0.1) is 6.61 Å². The van der Waals surface area contributed by atoms with Crippen molar-refractivity contribution in [2.45, 2.75) is 25.0 Å². The molecular weight excluding hydrogens is 282 g/mol. The predicted octanol–water partition coefficient (Wildman–Crippen LogP) is 1.37. The van der Waals surface area contributed by atoms with Crippen molar-refractivity contribution < 1.29 is 19.4 Å². The van der Waals surface area contributed by atoms with E-state index in [-0.39, 0.29) is 19.1 Å². The van der Waals surface area contributed by atoms with E-state index in [1.54, 1.807) is 31.2 Å². The van der Waals surface area contributed by atoms with Crippen LogP contribution < -0.4 is 10.1 Å². The molecule has 1 saturated heterocycles. The molecule has 110 valence electrons. The molecule has 1 aliphatic rings. The largest absolute Gasteiger partial charge is 0.481 e. The molecule has 5 nitrogen and oxygen atoms in total.